The number of hydrogen-bond acceptors (Lipinski definition) is 6. The van der Waals surface area contributed by atoms with E-state index < -0.39 is 17.7 Å². The van der Waals surface area contributed by atoms with Crippen LogP contribution in [0.25, 0.3) is 5.76 Å². The van der Waals surface area contributed by atoms with E-state index in [-0.39, 0.29) is 23.4 Å². The minimum Gasteiger partial charge on any atom is -0.507 e. The van der Waals surface area contributed by atoms with Gasteiger partial charge in [0, 0.05) is 11.1 Å². The first kappa shape index (κ1) is 21.5. The summed E-state index contributed by atoms with van der Waals surface area (Å²) in [5.74, 6) is -0.653. The lowest BCUT2D eigenvalue weighted by Gasteiger charge is -2.24. The Morgan fingerprint density at radius 3 is 2.50 bits per heavy atom. The number of halogens is 1. The Morgan fingerprint density at radius 1 is 1.06 bits per heavy atom. The van der Waals surface area contributed by atoms with Gasteiger partial charge in [0.2, 0.25) is 0 Å². The summed E-state index contributed by atoms with van der Waals surface area (Å²) in [5, 5.41) is 11.4. The molecule has 1 aliphatic heterocycles. The van der Waals surface area contributed by atoms with Crippen LogP contribution in [0.4, 0.5) is 0 Å². The lowest BCUT2D eigenvalue weighted by Crippen LogP contribution is -2.29. The van der Waals surface area contributed by atoms with Crippen LogP contribution in [0.2, 0.25) is 5.02 Å². The Labute approximate surface area is 189 Å². The Kier molecular flexibility index (Phi) is 5.92. The summed E-state index contributed by atoms with van der Waals surface area (Å²) < 4.78 is 16.2. The number of carbonyl (C=O) groups excluding carboxylic acids is 2. The molecular formula is C24H20ClNO6. The average Bonchev–Trinajstić information content (AvgIpc) is 3.42. The minimum absolute atomic E-state index is 0.0794. The van der Waals surface area contributed by atoms with E-state index in [1.165, 1.54) is 31.4 Å². The highest BCUT2D eigenvalue weighted by Crippen LogP contribution is 2.41. The number of methoxy groups -OCH3 is 2. The van der Waals surface area contributed by atoms with Crippen LogP contribution in [0.3, 0.4) is 0 Å². The quantitative estimate of drug-likeness (QED) is 0.334. The molecule has 0 spiro atoms. The number of carbonyl (C=O) groups is 2. The highest BCUT2D eigenvalue weighted by atomic mass is 35.5. The fourth-order valence-electron chi connectivity index (χ4n) is 3.77. The van der Waals surface area contributed by atoms with Crippen LogP contribution in [-0.2, 0) is 16.1 Å². The first-order chi connectivity index (χ1) is 15.5. The zero-order valence-corrected chi connectivity index (χ0v) is 18.1. The molecule has 7 nitrogen and oxygen atoms in total. The SMILES string of the molecule is COc1cc(/C(O)=C2/C(=O)C(=O)N(Cc3ccccc3OC)C2c2ccco2)ccc1Cl. The molecule has 4 rings (SSSR count). The predicted octanol–water partition coefficient (Wildman–Crippen LogP) is 4.57. The van der Waals surface area contributed by atoms with Crippen molar-refractivity contribution in [3.05, 3.63) is 88.3 Å². The Balaban J connectivity index is 1.84. The van der Waals surface area contributed by atoms with Crippen LogP contribution in [0, 0.1) is 0 Å². The molecule has 0 radical (unpaired) electrons. The lowest BCUT2D eigenvalue weighted by molar-refractivity contribution is -0.140. The van der Waals surface area contributed by atoms with Gasteiger partial charge < -0.3 is 23.9 Å². The van der Waals surface area contributed by atoms with Gasteiger partial charge in [-0.15, -0.1) is 0 Å². The number of nitrogens with zero attached hydrogens (tertiary/aromatic N) is 1. The molecular weight excluding hydrogens is 434 g/mol. The second-order valence-electron chi connectivity index (χ2n) is 7.10. The maximum absolute atomic E-state index is 13.1. The molecule has 1 unspecified atom stereocenters. The smallest absolute Gasteiger partial charge is 0.296 e. The van der Waals surface area contributed by atoms with E-state index >= 15 is 0 Å². The Bertz CT molecular complexity index is 1200. The molecule has 164 valence electrons. The van der Waals surface area contributed by atoms with Gasteiger partial charge in [0.1, 0.15) is 29.1 Å². The van der Waals surface area contributed by atoms with Crippen molar-refractivity contribution in [3.8, 4) is 11.5 Å². The molecule has 3 aromatic rings. The number of furan rings is 1. The highest BCUT2D eigenvalue weighted by Gasteiger charge is 2.47. The molecule has 0 bridgehead atoms. The molecule has 32 heavy (non-hydrogen) atoms. The summed E-state index contributed by atoms with van der Waals surface area (Å²) in [4.78, 5) is 27.5. The van der Waals surface area contributed by atoms with Crippen molar-refractivity contribution in [2.24, 2.45) is 0 Å². The predicted molar refractivity (Wildman–Crippen MR) is 118 cm³/mol. The van der Waals surface area contributed by atoms with Crippen molar-refractivity contribution >= 4 is 29.1 Å². The molecule has 2 aromatic carbocycles. The topological polar surface area (TPSA) is 89.2 Å². The molecule has 8 heteroatoms. The van der Waals surface area contributed by atoms with Crippen molar-refractivity contribution in [3.63, 3.8) is 0 Å². The van der Waals surface area contributed by atoms with Crippen molar-refractivity contribution in [1.82, 2.24) is 4.90 Å². The van der Waals surface area contributed by atoms with Gasteiger partial charge in [-0.25, -0.2) is 0 Å². The molecule has 0 aliphatic carbocycles. The van der Waals surface area contributed by atoms with Gasteiger partial charge in [0.05, 0.1) is 37.6 Å². The van der Waals surface area contributed by atoms with Crippen LogP contribution < -0.4 is 9.47 Å². The number of rotatable bonds is 6. The zero-order valence-electron chi connectivity index (χ0n) is 17.4. The normalized spacial score (nSPS) is 17.6. The van der Waals surface area contributed by atoms with Gasteiger partial charge >= 0.3 is 0 Å². The molecule has 1 aliphatic rings. The van der Waals surface area contributed by atoms with Crippen molar-refractivity contribution < 1.29 is 28.6 Å². The van der Waals surface area contributed by atoms with Crippen LogP contribution in [0.5, 0.6) is 11.5 Å². The van der Waals surface area contributed by atoms with E-state index in [1.54, 1.807) is 36.4 Å². The van der Waals surface area contributed by atoms with Gasteiger partial charge in [-0.2, -0.15) is 0 Å². The minimum atomic E-state index is -0.920. The second-order valence-corrected chi connectivity index (χ2v) is 7.51. The van der Waals surface area contributed by atoms with E-state index in [1.807, 2.05) is 12.1 Å². The molecule has 1 fully saturated rings. The molecule has 2 heterocycles. The number of benzene rings is 2. The summed E-state index contributed by atoms with van der Waals surface area (Å²) in [6, 6.07) is 14.2. The second kappa shape index (κ2) is 8.80. The number of ether oxygens (including phenoxy) is 2. The molecule has 1 saturated heterocycles. The summed E-state index contributed by atoms with van der Waals surface area (Å²) in [6.45, 7) is 0.0840. The number of likely N-dealkylation sites (tertiary alicyclic amines) is 1. The van der Waals surface area contributed by atoms with Crippen LogP contribution >= 0.6 is 11.6 Å². The summed E-state index contributed by atoms with van der Waals surface area (Å²) in [7, 11) is 2.98. The lowest BCUT2D eigenvalue weighted by atomic mass is 9.99. The maximum atomic E-state index is 13.1. The summed E-state index contributed by atoms with van der Waals surface area (Å²) in [6.07, 6.45) is 1.45. The van der Waals surface area contributed by atoms with E-state index in [9.17, 15) is 14.7 Å². The van der Waals surface area contributed by atoms with Gasteiger partial charge in [-0.3, -0.25) is 9.59 Å². The van der Waals surface area contributed by atoms with E-state index in [4.69, 9.17) is 25.5 Å². The van der Waals surface area contributed by atoms with Gasteiger partial charge in [0.25, 0.3) is 11.7 Å². The molecule has 1 atom stereocenters. The average molecular weight is 454 g/mol. The van der Waals surface area contributed by atoms with Crippen LogP contribution in [-0.4, -0.2) is 35.9 Å². The number of Topliss-reactive ketones (excluding diaryl/α,β-unsaturated/α-hetero) is 1. The fourth-order valence-corrected chi connectivity index (χ4v) is 3.96. The first-order valence-corrected chi connectivity index (χ1v) is 10.1. The van der Waals surface area contributed by atoms with Crippen LogP contribution in [0.15, 0.2) is 70.9 Å². The zero-order chi connectivity index (χ0) is 22.8. The number of amides is 1. The van der Waals surface area contributed by atoms with Gasteiger partial charge in [-0.1, -0.05) is 29.8 Å². The van der Waals surface area contributed by atoms with Crippen molar-refractivity contribution in [1.29, 1.82) is 0 Å². The van der Waals surface area contributed by atoms with E-state index in [0.29, 0.717) is 27.8 Å². The van der Waals surface area contributed by atoms with Crippen LogP contribution in [0.1, 0.15) is 22.9 Å². The molecule has 1 aromatic heterocycles. The highest BCUT2D eigenvalue weighted by molar-refractivity contribution is 6.46. The third kappa shape index (κ3) is 3.71. The monoisotopic (exact) mass is 453 g/mol. The third-order valence-electron chi connectivity index (χ3n) is 5.31. The Hall–Kier alpha value is -3.71. The fraction of sp³-hybridized carbons (Fsp3) is 0.167. The number of aliphatic hydroxyl groups is 1. The first-order valence-electron chi connectivity index (χ1n) is 9.74. The molecule has 1 amide bonds. The standard InChI is InChI=1S/C24H20ClNO6/c1-30-17-7-4-3-6-15(17)13-26-21(18-8-5-11-32-18)20(23(28)24(26)29)22(27)14-9-10-16(25)19(12-14)31-2/h3-12,21,27H,13H2,1-2H3/b22-20-. The van der Waals surface area contributed by atoms with Crippen molar-refractivity contribution in [2.45, 2.75) is 12.6 Å². The van der Waals surface area contributed by atoms with E-state index in [2.05, 4.69) is 0 Å². The summed E-state index contributed by atoms with van der Waals surface area (Å²) >= 11 is 6.09. The number of ketones is 1. The number of hydrogen-bond donors (Lipinski definition) is 1. The van der Waals surface area contributed by atoms with E-state index in [0.717, 1.165) is 0 Å². The number of aliphatic hydroxyl groups excluding tert-OH is 1. The molecule has 1 N–H and O–H groups in total. The van der Waals surface area contributed by atoms with Crippen molar-refractivity contribution in [2.75, 3.05) is 14.2 Å². The Morgan fingerprint density at radius 2 is 1.81 bits per heavy atom. The van der Waals surface area contributed by atoms with Gasteiger partial charge in [0.15, 0.2) is 0 Å². The number of para-hydroxylation sites is 1. The summed E-state index contributed by atoms with van der Waals surface area (Å²) in [5.41, 5.74) is 0.920. The maximum Gasteiger partial charge on any atom is 0.296 e. The molecule has 0 saturated carbocycles. The largest absolute Gasteiger partial charge is 0.507 e. The third-order valence-corrected chi connectivity index (χ3v) is 5.62. The van der Waals surface area contributed by atoms with Gasteiger partial charge in [-0.05, 0) is 36.4 Å².